The molecule has 5 nitrogen and oxygen atoms in total. The quantitative estimate of drug-likeness (QED) is 0.173. The van der Waals surface area contributed by atoms with Gasteiger partial charge < -0.3 is 9.30 Å². The Bertz CT molecular complexity index is 4110. The van der Waals surface area contributed by atoms with Crippen molar-refractivity contribution in [1.82, 2.24) is 19.5 Å². The Morgan fingerprint density at radius 1 is 0.361 bits per heavy atom. The number of ether oxygens (including phenoxy) is 1. The van der Waals surface area contributed by atoms with Gasteiger partial charge in [-0.1, -0.05) is 202 Å². The topological polar surface area (TPSA) is 52.8 Å². The molecular weight excluding hydrogens is 877 g/mol. The van der Waals surface area contributed by atoms with E-state index in [1.165, 1.54) is 60.8 Å². The monoisotopic (exact) mass is 920 g/mol. The van der Waals surface area contributed by atoms with E-state index in [-0.39, 0.29) is 5.41 Å². The molecule has 12 aromatic rings. The standard InChI is InChI=1S/C67H44N4O/c1-66(2)54-38-36-47-46-25-12-15-30-57(46)71(45-23-10-5-11-24-45)62(47)61(54)48-35-33-44(40-56(48)66)43-34-37-51-50(39-43)60-49(65-69-63(41-19-6-3-7-20-41)68-64(70-65)42-21-8-4-9-22-42)26-18-29-55(60)67(51)52-27-13-16-31-58(52)72-59-32-17-14-28-53(59)67/h3-40H,1-2H3. The SMILES string of the molecule is CC1(C)c2cc(-c3ccc4c(c3)-c3c(-c5nc(-c6ccccc6)nc(-c6ccccc6)n5)cccc3C43c4ccccc4Oc4ccccc43)ccc2-c2c1ccc1c3ccccc3n(-c3ccccc3)c21. The van der Waals surface area contributed by atoms with E-state index in [2.05, 4.69) is 213 Å². The summed E-state index contributed by atoms with van der Waals surface area (Å²) in [7, 11) is 0. The van der Waals surface area contributed by atoms with E-state index in [0.29, 0.717) is 17.5 Å². The van der Waals surface area contributed by atoms with Crippen molar-refractivity contribution in [3.63, 3.8) is 0 Å². The van der Waals surface area contributed by atoms with Crippen LogP contribution >= 0.6 is 0 Å². The van der Waals surface area contributed by atoms with E-state index in [1.54, 1.807) is 0 Å². The molecule has 3 heterocycles. The number of rotatable bonds is 5. The number of aromatic nitrogens is 4. The summed E-state index contributed by atoms with van der Waals surface area (Å²) in [6, 6.07) is 82.9. The molecule has 0 N–H and O–H groups in total. The predicted octanol–water partition coefficient (Wildman–Crippen LogP) is 16.4. The van der Waals surface area contributed by atoms with Gasteiger partial charge in [-0.15, -0.1) is 0 Å². The van der Waals surface area contributed by atoms with Gasteiger partial charge in [0.2, 0.25) is 0 Å². The second-order valence-corrected chi connectivity index (χ2v) is 19.8. The van der Waals surface area contributed by atoms with Gasteiger partial charge in [-0.25, -0.2) is 15.0 Å². The van der Waals surface area contributed by atoms with Crippen molar-refractivity contribution < 1.29 is 4.74 Å². The largest absolute Gasteiger partial charge is 0.457 e. The summed E-state index contributed by atoms with van der Waals surface area (Å²) >= 11 is 0. The van der Waals surface area contributed by atoms with Gasteiger partial charge in [-0.05, 0) is 92.5 Å². The molecule has 72 heavy (non-hydrogen) atoms. The van der Waals surface area contributed by atoms with Gasteiger partial charge in [-0.2, -0.15) is 0 Å². The highest BCUT2D eigenvalue weighted by Gasteiger charge is 2.52. The van der Waals surface area contributed by atoms with Crippen molar-refractivity contribution in [2.24, 2.45) is 0 Å². The fourth-order valence-corrected chi connectivity index (χ4v) is 12.5. The van der Waals surface area contributed by atoms with Crippen LogP contribution in [-0.4, -0.2) is 19.5 Å². The minimum atomic E-state index is -0.688. The first kappa shape index (κ1) is 40.7. The average Bonchev–Trinajstić information content (AvgIpc) is 4.03. The third-order valence-electron chi connectivity index (χ3n) is 15.7. The molecule has 0 saturated heterocycles. The lowest BCUT2D eigenvalue weighted by Gasteiger charge is -2.39. The number of nitrogens with zero attached hydrogens (tertiary/aromatic N) is 4. The van der Waals surface area contributed by atoms with E-state index in [1.807, 2.05) is 36.4 Å². The highest BCUT2D eigenvalue weighted by atomic mass is 16.5. The van der Waals surface area contributed by atoms with Crippen LogP contribution in [0.15, 0.2) is 231 Å². The summed E-state index contributed by atoms with van der Waals surface area (Å²) in [6.07, 6.45) is 0. The van der Waals surface area contributed by atoms with Crippen LogP contribution in [0.2, 0.25) is 0 Å². The molecular formula is C67H44N4O. The van der Waals surface area contributed by atoms with E-state index >= 15 is 0 Å². The lowest BCUT2D eigenvalue weighted by Crippen LogP contribution is -2.32. The van der Waals surface area contributed by atoms with Crippen LogP contribution in [0.25, 0.3) is 95.0 Å². The number of benzene rings is 10. The zero-order valence-electron chi connectivity index (χ0n) is 39.6. The molecule has 1 aliphatic heterocycles. The van der Waals surface area contributed by atoms with Gasteiger partial charge in [0, 0.05) is 55.3 Å². The number of hydrogen-bond acceptors (Lipinski definition) is 4. The molecule has 2 aromatic heterocycles. The Morgan fingerprint density at radius 2 is 0.931 bits per heavy atom. The Hall–Kier alpha value is -9.19. The van der Waals surface area contributed by atoms with Crippen LogP contribution in [0.3, 0.4) is 0 Å². The third-order valence-corrected chi connectivity index (χ3v) is 15.7. The maximum atomic E-state index is 6.76. The molecule has 5 heteroatoms. The van der Waals surface area contributed by atoms with Gasteiger partial charge in [-0.3, -0.25) is 0 Å². The van der Waals surface area contributed by atoms with Crippen LogP contribution in [0, 0.1) is 0 Å². The van der Waals surface area contributed by atoms with Gasteiger partial charge in [0.1, 0.15) is 11.5 Å². The molecule has 15 rings (SSSR count). The van der Waals surface area contributed by atoms with E-state index in [0.717, 1.165) is 61.7 Å². The zero-order chi connectivity index (χ0) is 47.7. The Balaban J connectivity index is 0.973. The van der Waals surface area contributed by atoms with Gasteiger partial charge >= 0.3 is 0 Å². The summed E-state index contributed by atoms with van der Waals surface area (Å²) in [5, 5.41) is 2.53. The zero-order valence-corrected chi connectivity index (χ0v) is 39.6. The second-order valence-electron chi connectivity index (χ2n) is 19.8. The van der Waals surface area contributed by atoms with Gasteiger partial charge in [0.05, 0.1) is 16.4 Å². The molecule has 0 saturated carbocycles. The molecule has 1 spiro atoms. The smallest absolute Gasteiger partial charge is 0.164 e. The summed E-state index contributed by atoms with van der Waals surface area (Å²) in [4.78, 5) is 15.8. The highest BCUT2D eigenvalue weighted by Crippen LogP contribution is 2.64. The third kappa shape index (κ3) is 5.62. The predicted molar refractivity (Wildman–Crippen MR) is 291 cm³/mol. The highest BCUT2D eigenvalue weighted by molar-refractivity contribution is 6.16. The van der Waals surface area contributed by atoms with Crippen molar-refractivity contribution >= 4 is 21.8 Å². The van der Waals surface area contributed by atoms with Crippen molar-refractivity contribution in [3.05, 3.63) is 264 Å². The van der Waals surface area contributed by atoms with Crippen LogP contribution in [0.1, 0.15) is 47.2 Å². The Morgan fingerprint density at radius 3 is 1.64 bits per heavy atom. The summed E-state index contributed by atoms with van der Waals surface area (Å²) < 4.78 is 9.23. The fourth-order valence-electron chi connectivity index (χ4n) is 12.5. The van der Waals surface area contributed by atoms with E-state index in [9.17, 15) is 0 Å². The van der Waals surface area contributed by atoms with E-state index in [4.69, 9.17) is 19.7 Å². The van der Waals surface area contributed by atoms with Crippen LogP contribution in [-0.2, 0) is 10.8 Å². The summed E-state index contributed by atoms with van der Waals surface area (Å²) in [6.45, 7) is 4.78. The number of hydrogen-bond donors (Lipinski definition) is 0. The second kappa shape index (κ2) is 15.2. The lowest BCUT2D eigenvalue weighted by molar-refractivity contribution is 0.436. The van der Waals surface area contributed by atoms with Crippen LogP contribution < -0.4 is 4.74 Å². The first-order valence-corrected chi connectivity index (χ1v) is 24.8. The Kier molecular flexibility index (Phi) is 8.56. The van der Waals surface area contributed by atoms with Crippen molar-refractivity contribution in [2.75, 3.05) is 0 Å². The van der Waals surface area contributed by atoms with Crippen molar-refractivity contribution in [3.8, 4) is 84.7 Å². The average molecular weight is 921 g/mol. The van der Waals surface area contributed by atoms with Gasteiger partial charge in [0.15, 0.2) is 17.5 Å². The minimum absolute atomic E-state index is 0.255. The Labute approximate surface area is 417 Å². The number of fused-ring (bicyclic) bond motifs is 16. The maximum Gasteiger partial charge on any atom is 0.164 e. The van der Waals surface area contributed by atoms with E-state index < -0.39 is 5.41 Å². The molecule has 3 aliphatic rings. The van der Waals surface area contributed by atoms with Crippen LogP contribution in [0.5, 0.6) is 11.5 Å². The molecule has 0 atom stereocenters. The minimum Gasteiger partial charge on any atom is -0.457 e. The fraction of sp³-hybridized carbons (Fsp3) is 0.0597. The molecule has 0 unspecified atom stereocenters. The first-order chi connectivity index (χ1) is 35.5. The van der Waals surface area contributed by atoms with Crippen LogP contribution in [0.4, 0.5) is 0 Å². The first-order valence-electron chi connectivity index (χ1n) is 24.8. The maximum absolute atomic E-state index is 6.76. The lowest BCUT2D eigenvalue weighted by atomic mass is 9.66. The van der Waals surface area contributed by atoms with Gasteiger partial charge in [0.25, 0.3) is 0 Å². The van der Waals surface area contributed by atoms with Crippen molar-refractivity contribution in [1.29, 1.82) is 0 Å². The normalized spacial score (nSPS) is 14.0. The number of para-hydroxylation sites is 4. The summed E-state index contributed by atoms with van der Waals surface area (Å²) in [5.41, 5.74) is 19.9. The molecule has 0 amide bonds. The molecule has 2 aliphatic carbocycles. The molecule has 0 fully saturated rings. The molecule has 0 radical (unpaired) electrons. The molecule has 0 bridgehead atoms. The molecule has 10 aromatic carbocycles. The van der Waals surface area contributed by atoms with Crippen molar-refractivity contribution in [2.45, 2.75) is 24.7 Å². The molecule has 338 valence electrons. The summed E-state index contributed by atoms with van der Waals surface area (Å²) in [5.74, 6) is 3.58.